The fraction of sp³-hybridized carbons (Fsp3) is 0.500. The molecule has 0 aromatic carbocycles. The van der Waals surface area contributed by atoms with Gasteiger partial charge in [0.2, 0.25) is 10.0 Å². The molecule has 3 aromatic rings. The van der Waals surface area contributed by atoms with Gasteiger partial charge in [-0.25, -0.2) is 23.4 Å². The van der Waals surface area contributed by atoms with Gasteiger partial charge in [0, 0.05) is 50.7 Å². The molecule has 0 bridgehead atoms. The number of aromatic nitrogens is 3. The summed E-state index contributed by atoms with van der Waals surface area (Å²) in [6, 6.07) is 0. The molecule has 5 heterocycles. The number of sulfonamides is 1. The third kappa shape index (κ3) is 5.09. The summed E-state index contributed by atoms with van der Waals surface area (Å²) >= 11 is 1.50. The minimum atomic E-state index is -3.23. The van der Waals surface area contributed by atoms with Gasteiger partial charge in [0.15, 0.2) is 5.69 Å². The van der Waals surface area contributed by atoms with Crippen LogP contribution in [0.2, 0.25) is 0 Å². The van der Waals surface area contributed by atoms with Crippen molar-refractivity contribution in [1.29, 1.82) is 0 Å². The molecule has 0 unspecified atom stereocenters. The average molecular weight is 549 g/mol. The van der Waals surface area contributed by atoms with Crippen molar-refractivity contribution in [2.45, 2.75) is 13.5 Å². The molecule has 0 radical (unpaired) electrons. The molecule has 0 amide bonds. The second-order valence-corrected chi connectivity index (χ2v) is 12.2. The Kier molecular flexibility index (Phi) is 6.97. The van der Waals surface area contributed by atoms with Gasteiger partial charge in [-0.1, -0.05) is 0 Å². The van der Waals surface area contributed by atoms with Crippen LogP contribution in [0.1, 0.15) is 10.4 Å². The van der Waals surface area contributed by atoms with Crippen molar-refractivity contribution in [3.63, 3.8) is 0 Å². The second-order valence-electron chi connectivity index (χ2n) is 9.11. The predicted molar refractivity (Wildman–Crippen MR) is 141 cm³/mol. The van der Waals surface area contributed by atoms with E-state index in [0.717, 1.165) is 15.1 Å². The number of rotatable bonds is 6. The second kappa shape index (κ2) is 10.1. The Labute approximate surface area is 218 Å². The summed E-state index contributed by atoms with van der Waals surface area (Å²) < 4.78 is 31.5. The number of piperazine rings is 1. The number of hydrogen-bond donors (Lipinski definition) is 1. The first-order valence-electron chi connectivity index (χ1n) is 11.8. The minimum absolute atomic E-state index is 0.104. The smallest absolute Gasteiger partial charge is 0.306 e. The molecule has 2 aliphatic heterocycles. The first-order chi connectivity index (χ1) is 17.6. The highest BCUT2D eigenvalue weighted by Gasteiger charge is 2.32. The van der Waals surface area contributed by atoms with Gasteiger partial charge >= 0.3 is 5.69 Å². The number of morpholine rings is 1. The van der Waals surface area contributed by atoms with E-state index in [2.05, 4.69) is 19.8 Å². The van der Waals surface area contributed by atoms with E-state index in [4.69, 9.17) is 15.5 Å². The summed E-state index contributed by atoms with van der Waals surface area (Å²) in [5.74, 6) is 0.879. The van der Waals surface area contributed by atoms with Crippen molar-refractivity contribution in [2.24, 2.45) is 0 Å². The van der Waals surface area contributed by atoms with Crippen LogP contribution in [0.5, 0.6) is 0 Å². The summed E-state index contributed by atoms with van der Waals surface area (Å²) in [6.45, 7) is 6.80. The monoisotopic (exact) mass is 548 g/mol. The first kappa shape index (κ1) is 25.7. The summed E-state index contributed by atoms with van der Waals surface area (Å²) in [7, 11) is -3.23. The molecule has 3 aromatic heterocycles. The van der Waals surface area contributed by atoms with Crippen LogP contribution in [0.3, 0.4) is 0 Å². The lowest BCUT2D eigenvalue weighted by Crippen LogP contribution is -2.47. The molecule has 0 atom stereocenters. The lowest BCUT2D eigenvalue weighted by molar-refractivity contribution is -0.382. The fourth-order valence-electron chi connectivity index (χ4n) is 4.71. The maximum absolute atomic E-state index is 12.4. The van der Waals surface area contributed by atoms with Gasteiger partial charge in [-0.3, -0.25) is 15.0 Å². The molecule has 0 saturated carbocycles. The van der Waals surface area contributed by atoms with E-state index in [9.17, 15) is 18.5 Å². The van der Waals surface area contributed by atoms with Crippen LogP contribution < -0.4 is 10.6 Å². The zero-order chi connectivity index (χ0) is 26.3. The number of nitrogen functional groups attached to an aromatic ring is 1. The highest BCUT2D eigenvalue weighted by atomic mass is 32.2. The molecule has 15 heteroatoms. The quantitative estimate of drug-likeness (QED) is 0.351. The number of aryl methyl sites for hydroxylation is 1. The number of ether oxygens (including phenoxy) is 1. The average Bonchev–Trinajstić information content (AvgIpc) is 3.19. The van der Waals surface area contributed by atoms with Gasteiger partial charge in [-0.15, -0.1) is 11.3 Å². The van der Waals surface area contributed by atoms with Gasteiger partial charge in [-0.05, 0) is 12.5 Å². The van der Waals surface area contributed by atoms with Crippen molar-refractivity contribution in [2.75, 3.05) is 69.4 Å². The van der Waals surface area contributed by atoms with Crippen molar-refractivity contribution in [1.82, 2.24) is 24.2 Å². The Bertz CT molecular complexity index is 1430. The number of anilines is 2. The van der Waals surface area contributed by atoms with Crippen LogP contribution in [0.4, 0.5) is 17.3 Å². The third-order valence-corrected chi connectivity index (χ3v) is 9.28. The zero-order valence-corrected chi connectivity index (χ0v) is 22.2. The van der Waals surface area contributed by atoms with E-state index >= 15 is 0 Å². The number of nitrogens with zero attached hydrogens (tertiary/aromatic N) is 7. The normalized spacial score (nSPS) is 17.9. The summed E-state index contributed by atoms with van der Waals surface area (Å²) in [5.41, 5.74) is 6.85. The van der Waals surface area contributed by atoms with Gasteiger partial charge in [-0.2, -0.15) is 4.31 Å². The SMILES string of the molecule is Cc1c(CN2CCN(S(C)(=O)=O)CC2)sc2c(N3CCOCC3)nc(-c3cnc(N)cn3)c([N+](=O)[O-])c12. The Morgan fingerprint density at radius 3 is 2.43 bits per heavy atom. The zero-order valence-electron chi connectivity index (χ0n) is 20.6. The largest absolute Gasteiger partial charge is 0.382 e. The number of pyridine rings is 1. The maximum atomic E-state index is 12.4. The van der Waals surface area contributed by atoms with E-state index in [1.807, 2.05) is 6.92 Å². The molecule has 198 valence electrons. The lowest BCUT2D eigenvalue weighted by atomic mass is 10.1. The molecule has 13 nitrogen and oxygen atoms in total. The van der Waals surface area contributed by atoms with Crippen LogP contribution in [-0.2, 0) is 21.3 Å². The number of hydrogen-bond acceptors (Lipinski definition) is 12. The minimum Gasteiger partial charge on any atom is -0.382 e. The van der Waals surface area contributed by atoms with Crippen LogP contribution in [0.25, 0.3) is 21.5 Å². The first-order valence-corrected chi connectivity index (χ1v) is 14.5. The topological polar surface area (TPSA) is 161 Å². The third-order valence-electron chi connectivity index (χ3n) is 6.70. The van der Waals surface area contributed by atoms with Crippen LogP contribution >= 0.6 is 11.3 Å². The highest BCUT2D eigenvalue weighted by Crippen LogP contribution is 2.46. The van der Waals surface area contributed by atoms with Crippen molar-refractivity contribution in [3.8, 4) is 11.4 Å². The molecule has 37 heavy (non-hydrogen) atoms. The lowest BCUT2D eigenvalue weighted by Gasteiger charge is -2.33. The molecule has 2 saturated heterocycles. The summed E-state index contributed by atoms with van der Waals surface area (Å²) in [6.07, 6.45) is 3.99. The van der Waals surface area contributed by atoms with Crippen LogP contribution in [0.15, 0.2) is 12.4 Å². The summed E-state index contributed by atoms with van der Waals surface area (Å²) in [5, 5.41) is 13.0. The van der Waals surface area contributed by atoms with E-state index in [0.29, 0.717) is 70.2 Å². The Hall–Kier alpha value is -2.98. The Balaban J connectivity index is 1.61. The van der Waals surface area contributed by atoms with E-state index in [1.54, 1.807) is 0 Å². The van der Waals surface area contributed by atoms with Gasteiger partial charge < -0.3 is 15.4 Å². The summed E-state index contributed by atoms with van der Waals surface area (Å²) in [4.78, 5) is 30.4. The fourth-order valence-corrected chi connectivity index (χ4v) is 6.90. The maximum Gasteiger partial charge on any atom is 0.306 e. The van der Waals surface area contributed by atoms with Crippen molar-refractivity contribution < 1.29 is 18.1 Å². The van der Waals surface area contributed by atoms with E-state index in [-0.39, 0.29) is 22.9 Å². The molecule has 2 N–H and O–H groups in total. The van der Waals surface area contributed by atoms with Gasteiger partial charge in [0.05, 0.1) is 46.9 Å². The van der Waals surface area contributed by atoms with E-state index < -0.39 is 14.9 Å². The molecular formula is C22H28N8O5S2. The molecule has 2 aliphatic rings. The number of fused-ring (bicyclic) bond motifs is 1. The number of thiophene rings is 1. The Morgan fingerprint density at radius 2 is 1.84 bits per heavy atom. The number of nitro groups is 1. The highest BCUT2D eigenvalue weighted by molar-refractivity contribution is 7.88. The Morgan fingerprint density at radius 1 is 1.14 bits per heavy atom. The van der Waals surface area contributed by atoms with Gasteiger partial charge in [0.1, 0.15) is 17.3 Å². The molecular weight excluding hydrogens is 520 g/mol. The van der Waals surface area contributed by atoms with Crippen molar-refractivity contribution >= 4 is 48.8 Å². The predicted octanol–water partition coefficient (Wildman–Crippen LogP) is 1.47. The van der Waals surface area contributed by atoms with Gasteiger partial charge in [0.25, 0.3) is 0 Å². The molecule has 0 spiro atoms. The van der Waals surface area contributed by atoms with Crippen molar-refractivity contribution in [3.05, 3.63) is 32.9 Å². The molecule has 5 rings (SSSR count). The van der Waals surface area contributed by atoms with Crippen LogP contribution in [-0.4, -0.2) is 96.2 Å². The van der Waals surface area contributed by atoms with E-state index in [1.165, 1.54) is 34.3 Å². The molecule has 2 fully saturated rings. The van der Waals surface area contributed by atoms with Crippen LogP contribution in [0, 0.1) is 17.0 Å². The molecule has 0 aliphatic carbocycles. The number of nitrogens with two attached hydrogens (primary N) is 1. The standard InChI is InChI=1S/C22H28N8O5S2/c1-14-16(13-27-3-5-29(6-4-27)37(2,33)34)36-21-18(14)20(30(31)32)19(15-11-25-17(23)12-24-15)26-22(21)28-7-9-35-10-8-28/h11-12H,3-10,13H2,1-2H3,(H2,23,25).